The summed E-state index contributed by atoms with van der Waals surface area (Å²) >= 11 is 0. The molecular weight excluding hydrogens is 470 g/mol. The maximum absolute atomic E-state index is 14.3. The molecule has 2 unspecified atom stereocenters. The molecule has 38 heavy (non-hydrogen) atoms. The smallest absolute Gasteiger partial charge is 0.244 e. The molecule has 1 saturated heterocycles. The van der Waals surface area contributed by atoms with E-state index in [1.807, 2.05) is 17.0 Å². The molecule has 1 saturated carbocycles. The van der Waals surface area contributed by atoms with Gasteiger partial charge in [0.05, 0.1) is 6.04 Å². The standard InChI is InChI=1S/C33H49N3O2/c1-23-10-9-11-25(22-24(2)15-14-23)30(31(37)35-27-12-7-6-8-13-27)36(32(38)29-20-21-34-29)28-18-16-26(17-19-28)33(3,4)5/h10,16-19,22,25,27,29-30,34H,6-9,11-15,20-21H2,1-5H3,(H,35,37)/b23-10+,24-22-/t25?,29-,30?/m1/s1. The molecule has 1 aromatic carbocycles. The number of carbonyl (C=O) groups is 2. The maximum Gasteiger partial charge on any atom is 0.244 e. The third-order valence-corrected chi connectivity index (χ3v) is 8.68. The van der Waals surface area contributed by atoms with Crippen LogP contribution in [0.25, 0.3) is 0 Å². The summed E-state index contributed by atoms with van der Waals surface area (Å²) in [6.45, 7) is 11.8. The molecule has 2 N–H and O–H groups in total. The Bertz CT molecular complexity index is 1020. The Kier molecular flexibility index (Phi) is 9.51. The first-order valence-electron chi connectivity index (χ1n) is 14.9. The molecule has 1 aromatic rings. The van der Waals surface area contributed by atoms with Gasteiger partial charge in [0.1, 0.15) is 6.04 Å². The SMILES string of the molecule is C/C1=C/C(C(C(=O)NC2CCCCC2)N(C(=O)[C@H]2CCN2)c2ccc(C(C)(C)C)cc2)CC/C=C(\C)CC1. The molecule has 1 aliphatic heterocycles. The van der Waals surface area contributed by atoms with Crippen LogP contribution in [0.1, 0.15) is 104 Å². The summed E-state index contributed by atoms with van der Waals surface area (Å²) in [6.07, 6.45) is 14.9. The van der Waals surface area contributed by atoms with E-state index < -0.39 is 6.04 Å². The largest absolute Gasteiger partial charge is 0.352 e. The predicted molar refractivity (Wildman–Crippen MR) is 157 cm³/mol. The zero-order valence-electron chi connectivity index (χ0n) is 24.3. The number of carbonyl (C=O) groups excluding carboxylic acids is 2. The fraction of sp³-hybridized carbons (Fsp3) is 0.636. The van der Waals surface area contributed by atoms with Crippen LogP contribution in [0.2, 0.25) is 0 Å². The lowest BCUT2D eigenvalue weighted by molar-refractivity contribution is -0.129. The second-order valence-corrected chi connectivity index (χ2v) is 12.9. The van der Waals surface area contributed by atoms with Crippen LogP contribution in [0.15, 0.2) is 47.6 Å². The van der Waals surface area contributed by atoms with Crippen LogP contribution in [-0.2, 0) is 15.0 Å². The molecule has 0 aromatic heterocycles. The van der Waals surface area contributed by atoms with E-state index in [4.69, 9.17) is 0 Å². The van der Waals surface area contributed by atoms with Crippen molar-refractivity contribution in [1.82, 2.24) is 10.6 Å². The van der Waals surface area contributed by atoms with Gasteiger partial charge in [0.15, 0.2) is 0 Å². The van der Waals surface area contributed by atoms with Crippen molar-refractivity contribution >= 4 is 17.5 Å². The van der Waals surface area contributed by atoms with Crippen LogP contribution < -0.4 is 15.5 Å². The Morgan fingerprint density at radius 3 is 2.21 bits per heavy atom. The van der Waals surface area contributed by atoms with Crippen molar-refractivity contribution in [3.8, 4) is 0 Å². The minimum Gasteiger partial charge on any atom is -0.352 e. The normalized spacial score (nSPS) is 26.8. The van der Waals surface area contributed by atoms with E-state index in [-0.39, 0.29) is 35.2 Å². The fourth-order valence-electron chi connectivity index (χ4n) is 6.05. The molecule has 0 spiro atoms. The minimum absolute atomic E-state index is 0.00142. The molecule has 208 valence electrons. The van der Waals surface area contributed by atoms with E-state index in [9.17, 15) is 9.59 Å². The summed E-state index contributed by atoms with van der Waals surface area (Å²) in [5.74, 6) is -0.0354. The molecule has 1 heterocycles. The zero-order valence-corrected chi connectivity index (χ0v) is 24.3. The van der Waals surface area contributed by atoms with Gasteiger partial charge >= 0.3 is 0 Å². The molecule has 0 bridgehead atoms. The topological polar surface area (TPSA) is 61.4 Å². The first kappa shape index (κ1) is 28.6. The van der Waals surface area contributed by atoms with Gasteiger partial charge in [0.25, 0.3) is 0 Å². The number of nitrogens with one attached hydrogen (secondary N) is 2. The van der Waals surface area contributed by atoms with E-state index in [0.29, 0.717) is 0 Å². The Balaban J connectivity index is 1.76. The third-order valence-electron chi connectivity index (χ3n) is 8.68. The van der Waals surface area contributed by atoms with Crippen molar-refractivity contribution in [2.24, 2.45) is 5.92 Å². The van der Waals surface area contributed by atoms with Gasteiger partial charge < -0.3 is 10.6 Å². The third kappa shape index (κ3) is 7.16. The molecule has 5 heteroatoms. The van der Waals surface area contributed by atoms with Crippen molar-refractivity contribution in [1.29, 1.82) is 0 Å². The summed E-state index contributed by atoms with van der Waals surface area (Å²) in [5, 5.41) is 6.72. The summed E-state index contributed by atoms with van der Waals surface area (Å²) in [6, 6.07) is 7.73. The lowest BCUT2D eigenvalue weighted by Gasteiger charge is -2.40. The minimum atomic E-state index is -0.575. The number of amides is 2. The quantitative estimate of drug-likeness (QED) is 0.417. The molecule has 2 fully saturated rings. The average molecular weight is 520 g/mol. The van der Waals surface area contributed by atoms with Gasteiger partial charge in [0, 0.05) is 17.6 Å². The Hall–Kier alpha value is -2.40. The van der Waals surface area contributed by atoms with Crippen LogP contribution in [0.3, 0.4) is 0 Å². The first-order chi connectivity index (χ1) is 18.1. The number of hydrogen-bond donors (Lipinski definition) is 2. The number of nitrogens with zero attached hydrogens (tertiary/aromatic N) is 1. The lowest BCUT2D eigenvalue weighted by atomic mass is 9.86. The van der Waals surface area contributed by atoms with Gasteiger partial charge in [-0.15, -0.1) is 0 Å². The first-order valence-corrected chi connectivity index (χ1v) is 14.9. The maximum atomic E-state index is 14.3. The molecule has 2 aliphatic carbocycles. The summed E-state index contributed by atoms with van der Waals surface area (Å²) < 4.78 is 0. The van der Waals surface area contributed by atoms with Crippen molar-refractivity contribution in [2.45, 2.75) is 122 Å². The second kappa shape index (κ2) is 12.6. The molecule has 4 rings (SSSR count). The van der Waals surface area contributed by atoms with Gasteiger partial charge in [-0.2, -0.15) is 0 Å². The van der Waals surface area contributed by atoms with E-state index in [0.717, 1.165) is 70.0 Å². The number of benzene rings is 1. The Labute approximate surface area is 230 Å². The van der Waals surface area contributed by atoms with Gasteiger partial charge in [-0.05, 0) is 88.4 Å². The molecule has 3 aliphatic rings. The van der Waals surface area contributed by atoms with Crippen molar-refractivity contribution in [2.75, 3.05) is 11.4 Å². The number of rotatable bonds is 6. The van der Waals surface area contributed by atoms with Gasteiger partial charge in [-0.3, -0.25) is 14.5 Å². The Morgan fingerprint density at radius 1 is 0.947 bits per heavy atom. The van der Waals surface area contributed by atoms with Crippen LogP contribution in [-0.4, -0.2) is 36.5 Å². The Morgan fingerprint density at radius 2 is 1.61 bits per heavy atom. The molecule has 0 radical (unpaired) electrons. The summed E-state index contributed by atoms with van der Waals surface area (Å²) in [7, 11) is 0. The summed E-state index contributed by atoms with van der Waals surface area (Å²) in [4.78, 5) is 30.2. The monoisotopic (exact) mass is 519 g/mol. The number of anilines is 1. The molecular formula is C33H49N3O2. The lowest BCUT2D eigenvalue weighted by Crippen LogP contribution is -2.62. The highest BCUT2D eigenvalue weighted by molar-refractivity contribution is 6.04. The van der Waals surface area contributed by atoms with Gasteiger partial charge in [-0.25, -0.2) is 0 Å². The zero-order chi connectivity index (χ0) is 27.3. The van der Waals surface area contributed by atoms with E-state index in [1.54, 1.807) is 0 Å². The van der Waals surface area contributed by atoms with Crippen LogP contribution in [0, 0.1) is 5.92 Å². The molecule has 2 amide bonds. The fourth-order valence-corrected chi connectivity index (χ4v) is 6.05. The van der Waals surface area contributed by atoms with Crippen LogP contribution >= 0.6 is 0 Å². The number of allylic oxidation sites excluding steroid dienone is 3. The second-order valence-electron chi connectivity index (χ2n) is 12.9. The van der Waals surface area contributed by atoms with E-state index in [2.05, 4.69) is 69.5 Å². The highest BCUT2D eigenvalue weighted by Crippen LogP contribution is 2.32. The molecule has 5 nitrogen and oxygen atoms in total. The van der Waals surface area contributed by atoms with Crippen molar-refractivity contribution < 1.29 is 9.59 Å². The van der Waals surface area contributed by atoms with Crippen LogP contribution in [0.4, 0.5) is 5.69 Å². The molecule has 3 atom stereocenters. The predicted octanol–water partition coefficient (Wildman–Crippen LogP) is 6.58. The van der Waals surface area contributed by atoms with Crippen molar-refractivity contribution in [3.05, 3.63) is 53.1 Å². The number of hydrogen-bond acceptors (Lipinski definition) is 3. The van der Waals surface area contributed by atoms with Gasteiger partial charge in [0.2, 0.25) is 11.8 Å². The van der Waals surface area contributed by atoms with Crippen molar-refractivity contribution in [3.63, 3.8) is 0 Å². The highest BCUT2D eigenvalue weighted by atomic mass is 16.2. The van der Waals surface area contributed by atoms with Crippen LogP contribution in [0.5, 0.6) is 0 Å². The highest BCUT2D eigenvalue weighted by Gasteiger charge is 2.41. The average Bonchev–Trinajstić information content (AvgIpc) is 2.92. The van der Waals surface area contributed by atoms with E-state index in [1.165, 1.54) is 23.1 Å². The van der Waals surface area contributed by atoms with E-state index >= 15 is 0 Å². The summed E-state index contributed by atoms with van der Waals surface area (Å²) in [5.41, 5.74) is 4.77. The van der Waals surface area contributed by atoms with Gasteiger partial charge in [-0.1, -0.05) is 75.5 Å².